The molecule has 2 aliphatic heterocycles. The standard InChI is InChI=1S/C20H25N5O3/c1-4-13-15-16(28-20(2,3)27-15)19(26-13)25-11-24-14-17(22-10-23-18(14)25)21-9-12-7-5-6-8-12/h1,10-13,15-16,19H,5-9H2,2-3H3,(H,21,22,23)/t13-,15-,16-,19-/m1/s1. The molecule has 8 heteroatoms. The van der Waals surface area contributed by atoms with Crippen LogP contribution in [-0.4, -0.2) is 50.2 Å². The van der Waals surface area contributed by atoms with E-state index in [9.17, 15) is 0 Å². The molecule has 28 heavy (non-hydrogen) atoms. The predicted molar refractivity (Wildman–Crippen MR) is 102 cm³/mol. The van der Waals surface area contributed by atoms with Crippen LogP contribution in [0.25, 0.3) is 11.2 Å². The topological polar surface area (TPSA) is 83.3 Å². The molecule has 148 valence electrons. The SMILES string of the molecule is C#C[C@H]1O[C@@H](n2cnc3c(NCC4CCCC4)ncnc32)[C@@H]2OC(C)(C)O[C@@H]21. The van der Waals surface area contributed by atoms with Gasteiger partial charge in [0.25, 0.3) is 0 Å². The average Bonchev–Trinajstić information content (AvgIpc) is 3.43. The molecule has 4 heterocycles. The lowest BCUT2D eigenvalue weighted by Gasteiger charge is -2.23. The van der Waals surface area contributed by atoms with Crippen molar-refractivity contribution in [2.75, 3.05) is 11.9 Å². The van der Waals surface area contributed by atoms with E-state index in [1.807, 2.05) is 18.4 Å². The van der Waals surface area contributed by atoms with Crippen molar-refractivity contribution < 1.29 is 14.2 Å². The summed E-state index contributed by atoms with van der Waals surface area (Å²) in [4.78, 5) is 13.4. The molecule has 2 aromatic rings. The van der Waals surface area contributed by atoms with Gasteiger partial charge in [0.1, 0.15) is 24.6 Å². The normalized spacial score (nSPS) is 31.9. The van der Waals surface area contributed by atoms with Gasteiger partial charge >= 0.3 is 0 Å². The van der Waals surface area contributed by atoms with Gasteiger partial charge in [-0.25, -0.2) is 15.0 Å². The highest BCUT2D eigenvalue weighted by atomic mass is 16.8. The van der Waals surface area contributed by atoms with E-state index >= 15 is 0 Å². The predicted octanol–water partition coefficient (Wildman–Crippen LogP) is 2.48. The van der Waals surface area contributed by atoms with E-state index in [4.69, 9.17) is 20.6 Å². The van der Waals surface area contributed by atoms with Gasteiger partial charge in [0, 0.05) is 6.54 Å². The zero-order valence-corrected chi connectivity index (χ0v) is 16.2. The van der Waals surface area contributed by atoms with Gasteiger partial charge in [-0.05, 0) is 32.6 Å². The van der Waals surface area contributed by atoms with Crippen molar-refractivity contribution in [1.29, 1.82) is 0 Å². The zero-order chi connectivity index (χ0) is 19.3. The summed E-state index contributed by atoms with van der Waals surface area (Å²) in [7, 11) is 0. The minimum atomic E-state index is -0.703. The van der Waals surface area contributed by atoms with Gasteiger partial charge < -0.3 is 19.5 Å². The van der Waals surface area contributed by atoms with Gasteiger partial charge in [-0.2, -0.15) is 0 Å². The van der Waals surface area contributed by atoms with Crippen molar-refractivity contribution in [3.05, 3.63) is 12.7 Å². The van der Waals surface area contributed by atoms with Crippen molar-refractivity contribution in [3.8, 4) is 12.3 Å². The Bertz CT molecular complexity index is 914. The molecule has 1 saturated carbocycles. The molecule has 1 aliphatic carbocycles. The fourth-order valence-electron chi connectivity index (χ4n) is 4.56. The van der Waals surface area contributed by atoms with Gasteiger partial charge in [0.2, 0.25) is 0 Å². The minimum absolute atomic E-state index is 0.316. The van der Waals surface area contributed by atoms with Gasteiger partial charge in [-0.1, -0.05) is 18.8 Å². The van der Waals surface area contributed by atoms with Crippen LogP contribution < -0.4 is 5.32 Å². The van der Waals surface area contributed by atoms with E-state index in [2.05, 4.69) is 26.2 Å². The Hall–Kier alpha value is -2.21. The molecule has 2 saturated heterocycles. The van der Waals surface area contributed by atoms with Crippen LogP contribution in [0.3, 0.4) is 0 Å². The molecule has 4 atom stereocenters. The molecule has 0 unspecified atom stereocenters. The second-order valence-electron chi connectivity index (χ2n) is 8.26. The highest BCUT2D eigenvalue weighted by Gasteiger charge is 2.55. The number of imidazole rings is 1. The van der Waals surface area contributed by atoms with Crippen LogP contribution in [0.15, 0.2) is 12.7 Å². The third kappa shape index (κ3) is 2.94. The number of hydrogen-bond donors (Lipinski definition) is 1. The minimum Gasteiger partial charge on any atom is -0.368 e. The van der Waals surface area contributed by atoms with Crippen LogP contribution >= 0.6 is 0 Å². The Labute approximate surface area is 164 Å². The molecule has 0 bridgehead atoms. The Balaban J connectivity index is 1.43. The molecule has 0 amide bonds. The van der Waals surface area contributed by atoms with Gasteiger partial charge in [-0.3, -0.25) is 4.57 Å². The van der Waals surface area contributed by atoms with Crippen LogP contribution in [0.5, 0.6) is 0 Å². The highest BCUT2D eigenvalue weighted by molar-refractivity contribution is 5.82. The van der Waals surface area contributed by atoms with Crippen molar-refractivity contribution in [1.82, 2.24) is 19.5 Å². The Morgan fingerprint density at radius 3 is 2.79 bits per heavy atom. The first-order chi connectivity index (χ1) is 13.6. The molecule has 3 aliphatic rings. The number of nitrogens with zero attached hydrogens (tertiary/aromatic N) is 4. The molecule has 8 nitrogen and oxygen atoms in total. The lowest BCUT2D eigenvalue weighted by atomic mass is 10.1. The Kier molecular flexibility index (Phi) is 4.27. The second-order valence-corrected chi connectivity index (χ2v) is 8.26. The van der Waals surface area contributed by atoms with Crippen LogP contribution in [-0.2, 0) is 14.2 Å². The number of anilines is 1. The molecule has 0 radical (unpaired) electrons. The van der Waals surface area contributed by atoms with Crippen molar-refractivity contribution in [2.45, 2.75) is 69.9 Å². The summed E-state index contributed by atoms with van der Waals surface area (Å²) in [5.74, 6) is 3.42. The molecular formula is C20H25N5O3. The molecule has 0 spiro atoms. The zero-order valence-electron chi connectivity index (χ0n) is 16.2. The number of terminal acetylenes is 1. The highest BCUT2D eigenvalue weighted by Crippen LogP contribution is 2.43. The average molecular weight is 383 g/mol. The number of aromatic nitrogens is 4. The van der Waals surface area contributed by atoms with E-state index in [0.29, 0.717) is 11.6 Å². The Morgan fingerprint density at radius 2 is 2.00 bits per heavy atom. The summed E-state index contributed by atoms with van der Waals surface area (Å²) >= 11 is 0. The van der Waals surface area contributed by atoms with Crippen LogP contribution in [0, 0.1) is 18.3 Å². The quantitative estimate of drug-likeness (QED) is 0.812. The third-order valence-electron chi connectivity index (χ3n) is 5.86. The first-order valence-corrected chi connectivity index (χ1v) is 9.94. The smallest absolute Gasteiger partial charge is 0.167 e. The molecule has 2 aromatic heterocycles. The summed E-state index contributed by atoms with van der Waals surface area (Å²) in [6.45, 7) is 4.68. The molecule has 5 rings (SSSR count). The maximum Gasteiger partial charge on any atom is 0.167 e. The first-order valence-electron chi connectivity index (χ1n) is 9.94. The van der Waals surface area contributed by atoms with Crippen LogP contribution in [0.1, 0.15) is 45.8 Å². The summed E-state index contributed by atoms with van der Waals surface area (Å²) < 4.78 is 20.0. The number of rotatable bonds is 4. The number of nitrogens with one attached hydrogen (secondary N) is 1. The molecule has 3 fully saturated rings. The maximum absolute atomic E-state index is 6.08. The van der Waals surface area contributed by atoms with E-state index < -0.39 is 18.1 Å². The fraction of sp³-hybridized carbons (Fsp3) is 0.650. The number of hydrogen-bond acceptors (Lipinski definition) is 7. The largest absolute Gasteiger partial charge is 0.368 e. The van der Waals surface area contributed by atoms with Crippen molar-refractivity contribution in [3.63, 3.8) is 0 Å². The summed E-state index contributed by atoms with van der Waals surface area (Å²) in [5, 5.41) is 3.46. The third-order valence-corrected chi connectivity index (χ3v) is 5.86. The lowest BCUT2D eigenvalue weighted by Crippen LogP contribution is -2.28. The van der Waals surface area contributed by atoms with E-state index in [0.717, 1.165) is 17.9 Å². The molecule has 1 N–H and O–H groups in total. The second kappa shape index (κ2) is 6.69. The van der Waals surface area contributed by atoms with Gasteiger partial charge in [0.15, 0.2) is 29.0 Å². The fourth-order valence-corrected chi connectivity index (χ4v) is 4.56. The van der Waals surface area contributed by atoms with Crippen molar-refractivity contribution >= 4 is 17.0 Å². The summed E-state index contributed by atoms with van der Waals surface area (Å²) in [5.41, 5.74) is 1.42. The maximum atomic E-state index is 6.08. The van der Waals surface area contributed by atoms with Crippen LogP contribution in [0.4, 0.5) is 5.82 Å². The Morgan fingerprint density at radius 1 is 1.21 bits per heavy atom. The molecule has 0 aromatic carbocycles. The first kappa shape index (κ1) is 17.9. The summed E-state index contributed by atoms with van der Waals surface area (Å²) in [6, 6.07) is 0. The lowest BCUT2D eigenvalue weighted by molar-refractivity contribution is -0.190. The molecular weight excluding hydrogens is 358 g/mol. The number of fused-ring (bicyclic) bond motifs is 2. The monoisotopic (exact) mass is 383 g/mol. The summed E-state index contributed by atoms with van der Waals surface area (Å²) in [6.07, 6.45) is 12.5. The van der Waals surface area contributed by atoms with Crippen molar-refractivity contribution in [2.24, 2.45) is 5.92 Å². The van der Waals surface area contributed by atoms with Gasteiger partial charge in [0.05, 0.1) is 6.33 Å². The van der Waals surface area contributed by atoms with E-state index in [1.165, 1.54) is 25.7 Å². The van der Waals surface area contributed by atoms with E-state index in [1.54, 1.807) is 12.7 Å². The van der Waals surface area contributed by atoms with Crippen LogP contribution in [0.2, 0.25) is 0 Å². The van der Waals surface area contributed by atoms with Gasteiger partial charge in [-0.15, -0.1) is 6.42 Å². The van der Waals surface area contributed by atoms with E-state index in [-0.39, 0.29) is 12.2 Å². The number of ether oxygens (including phenoxy) is 3.